The first-order valence-corrected chi connectivity index (χ1v) is 7.79. The van der Waals surface area contributed by atoms with E-state index in [-0.39, 0.29) is 5.69 Å². The van der Waals surface area contributed by atoms with Gasteiger partial charge in [-0.3, -0.25) is 15.0 Å². The van der Waals surface area contributed by atoms with Gasteiger partial charge in [0.25, 0.3) is 5.69 Å². The summed E-state index contributed by atoms with van der Waals surface area (Å²) in [6.07, 6.45) is 2.58. The summed E-state index contributed by atoms with van der Waals surface area (Å²) in [7, 11) is 0. The van der Waals surface area contributed by atoms with Gasteiger partial charge in [-0.1, -0.05) is 6.07 Å². The monoisotopic (exact) mass is 308 g/mol. The van der Waals surface area contributed by atoms with Crippen LogP contribution in [0.1, 0.15) is 26.7 Å². The Morgan fingerprint density at radius 1 is 1.32 bits per heavy atom. The van der Waals surface area contributed by atoms with Gasteiger partial charge >= 0.3 is 0 Å². The molecular weight excluding hydrogens is 284 g/mol. The molecular formula is C16H24N2O4. The quantitative estimate of drug-likeness (QED) is 0.440. The van der Waals surface area contributed by atoms with E-state index in [1.165, 1.54) is 12.1 Å². The number of ether oxygens (including phenoxy) is 2. The van der Waals surface area contributed by atoms with Gasteiger partial charge < -0.3 is 9.47 Å². The second kappa shape index (κ2) is 8.10. The summed E-state index contributed by atoms with van der Waals surface area (Å²) in [6, 6.07) is 6.32. The minimum atomic E-state index is -0.409. The summed E-state index contributed by atoms with van der Waals surface area (Å²) in [5.74, 6) is 0.558. The molecule has 0 aromatic heterocycles. The largest absolute Gasteiger partial charge is 0.493 e. The third kappa shape index (κ3) is 5.27. The van der Waals surface area contributed by atoms with E-state index in [9.17, 15) is 10.1 Å². The minimum absolute atomic E-state index is 0.0637. The predicted molar refractivity (Wildman–Crippen MR) is 84.3 cm³/mol. The molecule has 0 N–H and O–H groups in total. The lowest BCUT2D eigenvalue weighted by Crippen LogP contribution is -2.45. The van der Waals surface area contributed by atoms with Crippen LogP contribution in [0, 0.1) is 10.1 Å². The van der Waals surface area contributed by atoms with Gasteiger partial charge in [-0.15, -0.1) is 0 Å². The fraction of sp³-hybridized carbons (Fsp3) is 0.625. The maximum Gasteiger partial charge on any atom is 0.273 e. The maximum atomic E-state index is 10.7. The normalized spacial score (nSPS) is 22.5. The molecule has 0 spiro atoms. The zero-order valence-electron chi connectivity index (χ0n) is 13.2. The Bertz CT molecular complexity index is 485. The van der Waals surface area contributed by atoms with Crippen molar-refractivity contribution in [1.82, 2.24) is 4.90 Å². The average Bonchev–Trinajstić information content (AvgIpc) is 2.46. The van der Waals surface area contributed by atoms with E-state index >= 15 is 0 Å². The summed E-state index contributed by atoms with van der Waals surface area (Å²) >= 11 is 0. The molecule has 2 atom stereocenters. The SMILES string of the molecule is C[C@@H]1CN(CCCCOc2cccc([N+](=O)[O-])c2)C[C@@H](C)O1. The van der Waals surface area contributed by atoms with Crippen molar-refractivity contribution in [3.63, 3.8) is 0 Å². The lowest BCUT2D eigenvalue weighted by atomic mass is 10.2. The summed E-state index contributed by atoms with van der Waals surface area (Å²) in [6.45, 7) is 7.79. The van der Waals surface area contributed by atoms with Crippen LogP contribution >= 0.6 is 0 Å². The number of nitro benzene ring substituents is 1. The molecule has 1 aliphatic rings. The molecule has 1 saturated heterocycles. The number of unbranched alkanes of at least 4 members (excludes halogenated alkanes) is 1. The van der Waals surface area contributed by atoms with E-state index in [0.717, 1.165) is 32.5 Å². The molecule has 22 heavy (non-hydrogen) atoms. The number of benzene rings is 1. The third-order valence-electron chi connectivity index (χ3n) is 3.66. The van der Waals surface area contributed by atoms with E-state index in [1.807, 2.05) is 0 Å². The van der Waals surface area contributed by atoms with E-state index in [2.05, 4.69) is 18.7 Å². The van der Waals surface area contributed by atoms with Crippen LogP contribution in [-0.2, 0) is 4.74 Å². The van der Waals surface area contributed by atoms with Gasteiger partial charge in [0.1, 0.15) is 5.75 Å². The first-order chi connectivity index (χ1) is 10.5. The maximum absolute atomic E-state index is 10.7. The zero-order valence-corrected chi connectivity index (χ0v) is 13.2. The number of hydrogen-bond acceptors (Lipinski definition) is 5. The molecule has 1 aromatic carbocycles. The molecule has 0 amide bonds. The van der Waals surface area contributed by atoms with Crippen LogP contribution < -0.4 is 4.74 Å². The molecule has 122 valence electrons. The van der Waals surface area contributed by atoms with Crippen molar-refractivity contribution in [2.75, 3.05) is 26.2 Å². The molecule has 0 aliphatic carbocycles. The van der Waals surface area contributed by atoms with E-state index in [1.54, 1.807) is 12.1 Å². The number of rotatable bonds is 7. The van der Waals surface area contributed by atoms with Crippen LogP contribution in [0.15, 0.2) is 24.3 Å². The number of nitrogens with zero attached hydrogens (tertiary/aromatic N) is 2. The van der Waals surface area contributed by atoms with Gasteiger partial charge in [-0.05, 0) is 39.3 Å². The van der Waals surface area contributed by atoms with E-state index < -0.39 is 4.92 Å². The highest BCUT2D eigenvalue weighted by Gasteiger charge is 2.21. The van der Waals surface area contributed by atoms with Crippen molar-refractivity contribution < 1.29 is 14.4 Å². The van der Waals surface area contributed by atoms with Gasteiger partial charge in [-0.25, -0.2) is 0 Å². The molecule has 0 bridgehead atoms. The summed E-state index contributed by atoms with van der Waals surface area (Å²) in [5, 5.41) is 10.7. The van der Waals surface area contributed by atoms with Crippen LogP contribution in [0.3, 0.4) is 0 Å². The van der Waals surface area contributed by atoms with Crippen molar-refractivity contribution in [3.8, 4) is 5.75 Å². The Kier molecular flexibility index (Phi) is 6.15. The lowest BCUT2D eigenvalue weighted by Gasteiger charge is -2.35. The lowest BCUT2D eigenvalue weighted by molar-refractivity contribution is -0.384. The van der Waals surface area contributed by atoms with Crippen LogP contribution in [0.5, 0.6) is 5.75 Å². The third-order valence-corrected chi connectivity index (χ3v) is 3.66. The van der Waals surface area contributed by atoms with Crippen molar-refractivity contribution >= 4 is 5.69 Å². The summed E-state index contributed by atoms with van der Waals surface area (Å²) in [4.78, 5) is 12.7. The molecule has 6 heteroatoms. The molecule has 6 nitrogen and oxygen atoms in total. The Morgan fingerprint density at radius 2 is 2.05 bits per heavy atom. The van der Waals surface area contributed by atoms with Gasteiger partial charge in [0, 0.05) is 19.2 Å². The van der Waals surface area contributed by atoms with Crippen molar-refractivity contribution in [1.29, 1.82) is 0 Å². The van der Waals surface area contributed by atoms with Gasteiger partial charge in [0.15, 0.2) is 0 Å². The van der Waals surface area contributed by atoms with Crippen molar-refractivity contribution in [2.24, 2.45) is 0 Å². The van der Waals surface area contributed by atoms with Gasteiger partial charge in [-0.2, -0.15) is 0 Å². The molecule has 0 unspecified atom stereocenters. The zero-order chi connectivity index (χ0) is 15.9. The van der Waals surface area contributed by atoms with Crippen LogP contribution in [0.2, 0.25) is 0 Å². The smallest absolute Gasteiger partial charge is 0.273 e. The van der Waals surface area contributed by atoms with E-state index in [4.69, 9.17) is 9.47 Å². The molecule has 1 aromatic rings. The summed E-state index contributed by atoms with van der Waals surface area (Å²) in [5.41, 5.74) is 0.0637. The van der Waals surface area contributed by atoms with Crippen LogP contribution in [0.4, 0.5) is 5.69 Å². The number of morpholine rings is 1. The van der Waals surface area contributed by atoms with Gasteiger partial charge in [0.2, 0.25) is 0 Å². The Labute approximate surface area is 131 Å². The highest BCUT2D eigenvalue weighted by Crippen LogP contribution is 2.19. The Morgan fingerprint density at radius 3 is 2.73 bits per heavy atom. The number of hydrogen-bond donors (Lipinski definition) is 0. The molecule has 0 radical (unpaired) electrons. The van der Waals surface area contributed by atoms with Crippen LogP contribution in [0.25, 0.3) is 0 Å². The summed E-state index contributed by atoms with van der Waals surface area (Å²) < 4.78 is 11.3. The fourth-order valence-corrected chi connectivity index (χ4v) is 2.78. The van der Waals surface area contributed by atoms with Crippen LogP contribution in [-0.4, -0.2) is 48.3 Å². The minimum Gasteiger partial charge on any atom is -0.493 e. The van der Waals surface area contributed by atoms with Crippen molar-refractivity contribution in [3.05, 3.63) is 34.4 Å². The Balaban J connectivity index is 1.65. The highest BCUT2D eigenvalue weighted by molar-refractivity contribution is 5.37. The molecule has 1 aliphatic heterocycles. The predicted octanol–water partition coefficient (Wildman–Crippen LogP) is 2.86. The molecule has 1 fully saturated rings. The molecule has 0 saturated carbocycles. The average molecular weight is 308 g/mol. The second-order valence-corrected chi connectivity index (χ2v) is 5.83. The second-order valence-electron chi connectivity index (χ2n) is 5.83. The van der Waals surface area contributed by atoms with E-state index in [0.29, 0.717) is 24.6 Å². The standard InChI is InChI=1S/C16H24N2O4/c1-13-11-17(12-14(2)22-13)8-3-4-9-21-16-7-5-6-15(10-16)18(19)20/h5-7,10,13-14H,3-4,8-9,11-12H2,1-2H3/t13-,14-/m1/s1. The fourth-order valence-electron chi connectivity index (χ4n) is 2.78. The topological polar surface area (TPSA) is 64.8 Å². The first kappa shape index (κ1) is 16.7. The van der Waals surface area contributed by atoms with Crippen molar-refractivity contribution in [2.45, 2.75) is 38.9 Å². The number of non-ortho nitro benzene ring substituents is 1. The molecule has 1 heterocycles. The highest BCUT2D eigenvalue weighted by atomic mass is 16.6. The number of nitro groups is 1. The Hall–Kier alpha value is -1.66. The first-order valence-electron chi connectivity index (χ1n) is 7.79. The molecule has 2 rings (SSSR count). The van der Waals surface area contributed by atoms with Gasteiger partial charge in [0.05, 0.1) is 29.8 Å².